The summed E-state index contributed by atoms with van der Waals surface area (Å²) in [6, 6.07) is 9.21. The Labute approximate surface area is 143 Å². The molecule has 1 heterocycles. The van der Waals surface area contributed by atoms with Crippen LogP contribution in [0.3, 0.4) is 0 Å². The standard InChI is InChI=1S/C20H35N3/c1-18(2)7-5-6-12-22(4)17-19-8-10-20(11-9-19)23-15-13-21(3)14-16-23/h8-11,18H,5-7,12-17H2,1-4H3. The molecule has 1 aromatic carbocycles. The van der Waals surface area contributed by atoms with Crippen LogP contribution in [-0.2, 0) is 6.54 Å². The van der Waals surface area contributed by atoms with Gasteiger partial charge in [-0.1, -0.05) is 38.8 Å². The number of hydrogen-bond acceptors (Lipinski definition) is 3. The zero-order valence-electron chi connectivity index (χ0n) is 15.6. The number of likely N-dealkylation sites (N-methyl/N-ethyl adjacent to an activating group) is 1. The predicted octanol–water partition coefficient (Wildman–Crippen LogP) is 3.70. The van der Waals surface area contributed by atoms with Crippen LogP contribution < -0.4 is 4.90 Å². The van der Waals surface area contributed by atoms with E-state index >= 15 is 0 Å². The molecule has 1 saturated heterocycles. The van der Waals surface area contributed by atoms with E-state index in [4.69, 9.17) is 0 Å². The van der Waals surface area contributed by atoms with Gasteiger partial charge in [-0.2, -0.15) is 0 Å². The van der Waals surface area contributed by atoms with Gasteiger partial charge in [-0.3, -0.25) is 0 Å². The molecule has 3 heteroatoms. The van der Waals surface area contributed by atoms with E-state index in [-0.39, 0.29) is 0 Å². The van der Waals surface area contributed by atoms with Crippen molar-refractivity contribution in [2.24, 2.45) is 5.92 Å². The molecule has 0 aliphatic carbocycles. The average Bonchev–Trinajstić information content (AvgIpc) is 2.53. The van der Waals surface area contributed by atoms with Crippen molar-refractivity contribution in [3.05, 3.63) is 29.8 Å². The minimum Gasteiger partial charge on any atom is -0.369 e. The van der Waals surface area contributed by atoms with Crippen molar-refractivity contribution >= 4 is 5.69 Å². The highest BCUT2D eigenvalue weighted by Crippen LogP contribution is 2.18. The summed E-state index contributed by atoms with van der Waals surface area (Å²) < 4.78 is 0. The summed E-state index contributed by atoms with van der Waals surface area (Å²) in [5.41, 5.74) is 2.80. The monoisotopic (exact) mass is 317 g/mol. The fourth-order valence-corrected chi connectivity index (χ4v) is 3.20. The Morgan fingerprint density at radius 2 is 1.65 bits per heavy atom. The SMILES string of the molecule is CC(C)CCCCN(C)Cc1ccc(N2CCN(C)CC2)cc1. The van der Waals surface area contributed by atoms with E-state index in [2.05, 4.69) is 66.9 Å². The third-order valence-corrected chi connectivity index (χ3v) is 4.83. The van der Waals surface area contributed by atoms with E-state index in [1.54, 1.807) is 0 Å². The van der Waals surface area contributed by atoms with Gasteiger partial charge in [0.1, 0.15) is 0 Å². The van der Waals surface area contributed by atoms with Crippen molar-refractivity contribution in [3.8, 4) is 0 Å². The van der Waals surface area contributed by atoms with Gasteiger partial charge in [0.15, 0.2) is 0 Å². The normalized spacial score (nSPS) is 16.5. The van der Waals surface area contributed by atoms with Gasteiger partial charge >= 0.3 is 0 Å². The predicted molar refractivity (Wildman–Crippen MR) is 101 cm³/mol. The van der Waals surface area contributed by atoms with Gasteiger partial charge in [0.25, 0.3) is 0 Å². The van der Waals surface area contributed by atoms with Crippen LogP contribution in [-0.4, -0.2) is 56.6 Å². The molecule has 0 spiro atoms. The zero-order chi connectivity index (χ0) is 16.7. The summed E-state index contributed by atoms with van der Waals surface area (Å²) >= 11 is 0. The van der Waals surface area contributed by atoms with Crippen LogP contribution in [0.15, 0.2) is 24.3 Å². The molecule has 0 N–H and O–H groups in total. The molecule has 0 radical (unpaired) electrons. The number of unbranched alkanes of at least 4 members (excludes halogenated alkanes) is 1. The van der Waals surface area contributed by atoms with Crippen molar-refractivity contribution in [1.29, 1.82) is 0 Å². The lowest BCUT2D eigenvalue weighted by molar-refractivity contribution is 0.312. The molecular weight excluding hydrogens is 282 g/mol. The maximum absolute atomic E-state index is 2.50. The van der Waals surface area contributed by atoms with Gasteiger partial charge in [-0.05, 0) is 50.7 Å². The number of hydrogen-bond donors (Lipinski definition) is 0. The first-order chi connectivity index (χ1) is 11.0. The maximum Gasteiger partial charge on any atom is 0.0367 e. The quantitative estimate of drug-likeness (QED) is 0.677. The topological polar surface area (TPSA) is 9.72 Å². The molecule has 3 nitrogen and oxygen atoms in total. The third-order valence-electron chi connectivity index (χ3n) is 4.83. The van der Waals surface area contributed by atoms with Crippen LogP contribution in [0.4, 0.5) is 5.69 Å². The first-order valence-electron chi connectivity index (χ1n) is 9.25. The summed E-state index contributed by atoms with van der Waals surface area (Å²) in [4.78, 5) is 7.35. The highest BCUT2D eigenvalue weighted by Gasteiger charge is 2.14. The molecule has 1 aromatic rings. The molecule has 1 aliphatic heterocycles. The Morgan fingerprint density at radius 3 is 2.26 bits per heavy atom. The molecule has 23 heavy (non-hydrogen) atoms. The fourth-order valence-electron chi connectivity index (χ4n) is 3.20. The average molecular weight is 318 g/mol. The Balaban J connectivity index is 1.74. The first kappa shape index (κ1) is 18.3. The second kappa shape index (κ2) is 9.29. The second-order valence-electron chi connectivity index (χ2n) is 7.58. The van der Waals surface area contributed by atoms with Crippen molar-refractivity contribution in [1.82, 2.24) is 9.80 Å². The number of benzene rings is 1. The summed E-state index contributed by atoms with van der Waals surface area (Å²) in [6.07, 6.45) is 4.02. The van der Waals surface area contributed by atoms with Crippen LogP contribution in [0.25, 0.3) is 0 Å². The van der Waals surface area contributed by atoms with E-state index < -0.39 is 0 Å². The first-order valence-corrected chi connectivity index (χ1v) is 9.25. The summed E-state index contributed by atoms with van der Waals surface area (Å²) in [7, 11) is 4.45. The molecule has 1 fully saturated rings. The van der Waals surface area contributed by atoms with Crippen LogP contribution >= 0.6 is 0 Å². The van der Waals surface area contributed by atoms with Gasteiger partial charge in [-0.15, -0.1) is 0 Å². The minimum atomic E-state index is 0.836. The van der Waals surface area contributed by atoms with E-state index in [0.29, 0.717) is 0 Å². The molecule has 0 aromatic heterocycles. The van der Waals surface area contributed by atoms with Gasteiger partial charge in [0.05, 0.1) is 0 Å². The number of rotatable bonds is 8. The van der Waals surface area contributed by atoms with E-state index in [9.17, 15) is 0 Å². The number of piperazine rings is 1. The Bertz CT molecular complexity index is 433. The Morgan fingerprint density at radius 1 is 1.00 bits per heavy atom. The molecule has 0 amide bonds. The lowest BCUT2D eigenvalue weighted by Gasteiger charge is -2.34. The van der Waals surface area contributed by atoms with Gasteiger partial charge < -0.3 is 14.7 Å². The van der Waals surface area contributed by atoms with Crippen LogP contribution in [0, 0.1) is 5.92 Å². The lowest BCUT2D eigenvalue weighted by atomic mass is 10.1. The lowest BCUT2D eigenvalue weighted by Crippen LogP contribution is -2.44. The maximum atomic E-state index is 2.50. The van der Waals surface area contributed by atoms with Gasteiger partial charge in [0, 0.05) is 38.4 Å². The molecular formula is C20H35N3. The van der Waals surface area contributed by atoms with Crippen molar-refractivity contribution < 1.29 is 0 Å². The molecule has 0 saturated carbocycles. The molecule has 0 bridgehead atoms. The Hall–Kier alpha value is -1.06. The largest absolute Gasteiger partial charge is 0.369 e. The Kier molecular flexibility index (Phi) is 7.38. The fraction of sp³-hybridized carbons (Fsp3) is 0.700. The van der Waals surface area contributed by atoms with Crippen molar-refractivity contribution in [3.63, 3.8) is 0 Å². The number of anilines is 1. The molecule has 1 aliphatic rings. The van der Waals surface area contributed by atoms with Crippen molar-refractivity contribution in [2.75, 3.05) is 51.7 Å². The minimum absolute atomic E-state index is 0.836. The number of nitrogens with zero attached hydrogens (tertiary/aromatic N) is 3. The molecule has 130 valence electrons. The van der Waals surface area contributed by atoms with E-state index in [1.807, 2.05) is 0 Å². The summed E-state index contributed by atoms with van der Waals surface area (Å²) in [5.74, 6) is 0.836. The van der Waals surface area contributed by atoms with Gasteiger partial charge in [0.2, 0.25) is 0 Å². The third kappa shape index (κ3) is 6.52. The summed E-state index contributed by atoms with van der Waals surface area (Å²) in [6.45, 7) is 11.5. The molecule has 0 atom stereocenters. The molecule has 0 unspecified atom stereocenters. The van der Waals surface area contributed by atoms with Crippen molar-refractivity contribution in [2.45, 2.75) is 39.7 Å². The van der Waals surface area contributed by atoms with Crippen LogP contribution in [0.5, 0.6) is 0 Å². The highest BCUT2D eigenvalue weighted by molar-refractivity contribution is 5.48. The van der Waals surface area contributed by atoms with E-state index in [1.165, 1.54) is 50.1 Å². The van der Waals surface area contributed by atoms with Gasteiger partial charge in [-0.25, -0.2) is 0 Å². The molecule has 2 rings (SSSR count). The van der Waals surface area contributed by atoms with Crippen LogP contribution in [0.1, 0.15) is 38.7 Å². The zero-order valence-corrected chi connectivity index (χ0v) is 15.6. The van der Waals surface area contributed by atoms with Crippen LogP contribution in [0.2, 0.25) is 0 Å². The smallest absolute Gasteiger partial charge is 0.0367 e. The second-order valence-corrected chi connectivity index (χ2v) is 7.58. The highest BCUT2D eigenvalue weighted by atomic mass is 15.2. The van der Waals surface area contributed by atoms with E-state index in [0.717, 1.165) is 25.6 Å². The summed E-state index contributed by atoms with van der Waals surface area (Å²) in [5, 5.41) is 0.